The topological polar surface area (TPSA) is 41.5 Å². The summed E-state index contributed by atoms with van der Waals surface area (Å²) in [7, 11) is 1.80. The van der Waals surface area contributed by atoms with Crippen molar-refractivity contribution in [2.75, 3.05) is 7.11 Å². The van der Waals surface area contributed by atoms with Gasteiger partial charge in [0.15, 0.2) is 0 Å². The minimum atomic E-state index is -0.759. The molecule has 4 heteroatoms. The van der Waals surface area contributed by atoms with Gasteiger partial charge in [0, 0.05) is 24.8 Å². The molecule has 1 saturated carbocycles. The lowest BCUT2D eigenvalue weighted by Gasteiger charge is -2.29. The molecule has 3 nitrogen and oxygen atoms in total. The third kappa shape index (κ3) is 4.11. The van der Waals surface area contributed by atoms with Crippen LogP contribution in [0.2, 0.25) is 0 Å². The Morgan fingerprint density at radius 3 is 2.61 bits per heavy atom. The average Bonchev–Trinajstić information content (AvgIpc) is 3.04. The van der Waals surface area contributed by atoms with Gasteiger partial charge in [0.2, 0.25) is 0 Å². The van der Waals surface area contributed by atoms with Crippen LogP contribution in [-0.4, -0.2) is 30.4 Å². The predicted molar refractivity (Wildman–Crippen MR) is 88.7 cm³/mol. The number of halogens is 1. The fourth-order valence-electron chi connectivity index (χ4n) is 4.22. The lowest BCUT2D eigenvalue weighted by Crippen LogP contribution is -2.36. The van der Waals surface area contributed by atoms with Gasteiger partial charge in [-0.15, -0.1) is 0 Å². The highest BCUT2D eigenvalue weighted by atomic mass is 19.1. The van der Waals surface area contributed by atoms with E-state index in [-0.39, 0.29) is 11.9 Å². The Kier molecular flexibility index (Phi) is 5.67. The van der Waals surface area contributed by atoms with Crippen molar-refractivity contribution in [3.63, 3.8) is 0 Å². The summed E-state index contributed by atoms with van der Waals surface area (Å²) in [5, 5.41) is 14.0. The Bertz CT molecular complexity index is 502. The van der Waals surface area contributed by atoms with E-state index in [9.17, 15) is 9.50 Å². The number of nitrogens with one attached hydrogen (secondary N) is 1. The lowest BCUT2D eigenvalue weighted by atomic mass is 9.83. The Balaban J connectivity index is 1.50. The molecule has 0 radical (unpaired) electrons. The molecule has 2 fully saturated rings. The quantitative estimate of drug-likeness (QED) is 0.871. The van der Waals surface area contributed by atoms with Crippen LogP contribution in [0, 0.1) is 11.7 Å². The molecular weight excluding hydrogens is 293 g/mol. The second-order valence-electron chi connectivity index (χ2n) is 7.13. The van der Waals surface area contributed by atoms with E-state index >= 15 is 0 Å². The number of aliphatic hydroxyl groups is 1. The normalized spacial score (nSPS) is 32.8. The van der Waals surface area contributed by atoms with Gasteiger partial charge in [0.25, 0.3) is 0 Å². The Labute approximate surface area is 138 Å². The highest BCUT2D eigenvalue weighted by molar-refractivity contribution is 5.21. The number of rotatable bonds is 5. The second-order valence-corrected chi connectivity index (χ2v) is 7.13. The van der Waals surface area contributed by atoms with E-state index in [0.717, 1.165) is 38.0 Å². The fraction of sp³-hybridized carbons (Fsp3) is 0.684. The first-order valence-corrected chi connectivity index (χ1v) is 8.88. The maximum Gasteiger partial charge on any atom is 0.129 e. The van der Waals surface area contributed by atoms with Crippen LogP contribution in [-0.2, 0) is 4.74 Å². The molecule has 1 heterocycles. The molecule has 23 heavy (non-hydrogen) atoms. The lowest BCUT2D eigenvalue weighted by molar-refractivity contribution is 0.0538. The van der Waals surface area contributed by atoms with E-state index in [4.69, 9.17) is 4.74 Å². The molecule has 1 saturated heterocycles. The van der Waals surface area contributed by atoms with E-state index < -0.39 is 6.10 Å². The van der Waals surface area contributed by atoms with Gasteiger partial charge < -0.3 is 15.2 Å². The molecule has 2 N–H and O–H groups in total. The van der Waals surface area contributed by atoms with Crippen LogP contribution in [0.3, 0.4) is 0 Å². The van der Waals surface area contributed by atoms with Crippen molar-refractivity contribution in [2.45, 2.75) is 69.2 Å². The van der Waals surface area contributed by atoms with Gasteiger partial charge in [-0.1, -0.05) is 18.2 Å². The molecule has 0 unspecified atom stereocenters. The Morgan fingerprint density at radius 2 is 1.91 bits per heavy atom. The zero-order chi connectivity index (χ0) is 16.2. The molecule has 1 aromatic rings. The minimum Gasteiger partial charge on any atom is -0.387 e. The Morgan fingerprint density at radius 1 is 1.17 bits per heavy atom. The largest absolute Gasteiger partial charge is 0.387 e. The zero-order valence-electron chi connectivity index (χ0n) is 13.9. The fourth-order valence-corrected chi connectivity index (χ4v) is 4.22. The summed E-state index contributed by atoms with van der Waals surface area (Å²) < 4.78 is 19.3. The van der Waals surface area contributed by atoms with Crippen LogP contribution in [0.1, 0.15) is 56.6 Å². The van der Waals surface area contributed by atoms with Crippen molar-refractivity contribution in [1.29, 1.82) is 0 Å². The monoisotopic (exact) mass is 321 g/mol. The standard InChI is InChI=1S/C19H28FNO2/c1-23-15-9-6-13(7-10-15)12-14-8-11-18(21-14)19(22)16-4-2-3-5-17(16)20/h2-5,13-15,18-19,21-22H,6-12H2,1H3/t13?,14-,15?,18-,19+/m1/s1. The maximum absolute atomic E-state index is 13.8. The van der Waals surface area contributed by atoms with Crippen molar-refractivity contribution in [1.82, 2.24) is 5.32 Å². The van der Waals surface area contributed by atoms with Crippen molar-refractivity contribution in [2.24, 2.45) is 5.92 Å². The minimum absolute atomic E-state index is 0.0350. The molecule has 128 valence electrons. The molecule has 2 aliphatic rings. The number of aliphatic hydroxyl groups excluding tert-OH is 1. The molecule has 3 atom stereocenters. The molecule has 0 aromatic heterocycles. The molecule has 0 amide bonds. The third-order valence-corrected chi connectivity index (χ3v) is 5.63. The first-order valence-electron chi connectivity index (χ1n) is 8.88. The molecular formula is C19H28FNO2. The summed E-state index contributed by atoms with van der Waals surface area (Å²) in [5.41, 5.74) is 0.409. The number of benzene rings is 1. The van der Waals surface area contributed by atoms with Gasteiger partial charge >= 0.3 is 0 Å². The van der Waals surface area contributed by atoms with Crippen LogP contribution in [0.5, 0.6) is 0 Å². The van der Waals surface area contributed by atoms with Gasteiger partial charge in [0.1, 0.15) is 5.82 Å². The average molecular weight is 321 g/mol. The molecule has 3 rings (SSSR count). The molecule has 1 aliphatic heterocycles. The third-order valence-electron chi connectivity index (χ3n) is 5.63. The van der Waals surface area contributed by atoms with Crippen molar-refractivity contribution >= 4 is 0 Å². The van der Waals surface area contributed by atoms with E-state index in [1.165, 1.54) is 18.9 Å². The van der Waals surface area contributed by atoms with Gasteiger partial charge in [0.05, 0.1) is 12.2 Å². The van der Waals surface area contributed by atoms with Crippen LogP contribution in [0.25, 0.3) is 0 Å². The van der Waals surface area contributed by atoms with Gasteiger partial charge in [-0.2, -0.15) is 0 Å². The number of hydrogen-bond acceptors (Lipinski definition) is 3. The van der Waals surface area contributed by atoms with Crippen molar-refractivity contribution in [3.05, 3.63) is 35.6 Å². The summed E-state index contributed by atoms with van der Waals surface area (Å²) >= 11 is 0. The van der Waals surface area contributed by atoms with E-state index in [1.54, 1.807) is 25.3 Å². The molecule has 0 spiro atoms. The van der Waals surface area contributed by atoms with E-state index in [0.29, 0.717) is 17.7 Å². The highest BCUT2D eigenvalue weighted by Gasteiger charge is 2.33. The summed E-state index contributed by atoms with van der Waals surface area (Å²) in [4.78, 5) is 0. The first-order chi connectivity index (χ1) is 11.2. The van der Waals surface area contributed by atoms with Crippen molar-refractivity contribution < 1.29 is 14.2 Å². The molecule has 1 aliphatic carbocycles. The zero-order valence-corrected chi connectivity index (χ0v) is 13.9. The summed E-state index contributed by atoms with van der Waals surface area (Å²) in [6.45, 7) is 0. The van der Waals surface area contributed by atoms with Crippen LogP contribution >= 0.6 is 0 Å². The number of methoxy groups -OCH3 is 1. The Hall–Kier alpha value is -0.970. The smallest absolute Gasteiger partial charge is 0.129 e. The van der Waals surface area contributed by atoms with Gasteiger partial charge in [-0.3, -0.25) is 0 Å². The van der Waals surface area contributed by atoms with Crippen molar-refractivity contribution in [3.8, 4) is 0 Å². The molecule has 0 bridgehead atoms. The summed E-state index contributed by atoms with van der Waals surface area (Å²) in [6.07, 6.45) is 7.62. The first kappa shape index (κ1) is 16.9. The second kappa shape index (κ2) is 7.73. The number of ether oxygens (including phenoxy) is 1. The van der Waals surface area contributed by atoms with E-state index in [2.05, 4.69) is 5.32 Å². The summed E-state index contributed by atoms with van der Waals surface area (Å²) in [5.74, 6) is 0.436. The van der Waals surface area contributed by atoms with Gasteiger partial charge in [-0.25, -0.2) is 4.39 Å². The van der Waals surface area contributed by atoms with Crippen LogP contribution < -0.4 is 5.32 Å². The molecule has 1 aromatic carbocycles. The van der Waals surface area contributed by atoms with Crippen LogP contribution in [0.15, 0.2) is 24.3 Å². The van der Waals surface area contributed by atoms with Gasteiger partial charge in [-0.05, 0) is 56.9 Å². The number of hydrogen-bond donors (Lipinski definition) is 2. The summed E-state index contributed by atoms with van der Waals surface area (Å²) in [6, 6.07) is 6.95. The van der Waals surface area contributed by atoms with Crippen LogP contribution in [0.4, 0.5) is 4.39 Å². The highest BCUT2D eigenvalue weighted by Crippen LogP contribution is 2.33. The SMILES string of the molecule is COC1CCC(C[C@H]2CC[C@H]([C@@H](O)c3ccccc3F)N2)CC1. The predicted octanol–water partition coefficient (Wildman–Crippen LogP) is 3.58. The van der Waals surface area contributed by atoms with E-state index in [1.807, 2.05) is 0 Å². The maximum atomic E-state index is 13.8.